The Bertz CT molecular complexity index is 1050. The van der Waals surface area contributed by atoms with Gasteiger partial charge in [0.25, 0.3) is 0 Å². The van der Waals surface area contributed by atoms with Gasteiger partial charge in [0.15, 0.2) is 23.1 Å². The molecule has 1 aliphatic carbocycles. The molecule has 6 nitrogen and oxygen atoms in total. The number of rotatable bonds is 6. The number of nitrogens with zero attached hydrogens (tertiary/aromatic N) is 1. The van der Waals surface area contributed by atoms with Crippen molar-refractivity contribution in [3.63, 3.8) is 0 Å². The molecule has 2 aliphatic rings. The van der Waals surface area contributed by atoms with Crippen LogP contribution in [0.5, 0.6) is 17.2 Å². The first kappa shape index (κ1) is 17.6. The minimum absolute atomic E-state index is 0.0837. The molecule has 3 aromatic rings. The van der Waals surface area contributed by atoms with Crippen LogP contribution in [0.25, 0.3) is 0 Å². The molecular formula is C23H20N2O4. The average Bonchev–Trinajstić information content (AvgIpc) is 3.45. The molecule has 0 radical (unpaired) electrons. The molecule has 2 heterocycles. The maximum atomic E-state index is 13.1. The highest BCUT2D eigenvalue weighted by molar-refractivity contribution is 6.01. The summed E-state index contributed by atoms with van der Waals surface area (Å²) in [6.45, 7) is 0.622. The molecule has 146 valence electrons. The van der Waals surface area contributed by atoms with Gasteiger partial charge in [0, 0.05) is 6.20 Å². The van der Waals surface area contributed by atoms with Crippen molar-refractivity contribution in [3.05, 3.63) is 78.0 Å². The van der Waals surface area contributed by atoms with Gasteiger partial charge in [0.1, 0.15) is 6.61 Å². The fourth-order valence-corrected chi connectivity index (χ4v) is 3.53. The molecule has 1 saturated carbocycles. The Morgan fingerprint density at radius 1 is 1.03 bits per heavy atom. The fraction of sp³-hybridized carbons (Fsp3) is 0.217. The lowest BCUT2D eigenvalue weighted by Crippen LogP contribution is -2.28. The number of ether oxygens (including phenoxy) is 3. The van der Waals surface area contributed by atoms with E-state index in [0.717, 1.165) is 24.0 Å². The number of carbonyl (C=O) groups excluding carboxylic acids is 1. The second kappa shape index (κ2) is 7.13. The van der Waals surface area contributed by atoms with Gasteiger partial charge in [0.2, 0.25) is 12.7 Å². The van der Waals surface area contributed by atoms with Crippen LogP contribution >= 0.6 is 0 Å². The number of nitrogens with one attached hydrogen (secondary N) is 1. The number of hydrogen-bond donors (Lipinski definition) is 1. The molecule has 5 rings (SSSR count). The predicted molar refractivity (Wildman–Crippen MR) is 107 cm³/mol. The third-order valence-electron chi connectivity index (χ3n) is 5.35. The molecule has 0 bridgehead atoms. The first-order valence-corrected chi connectivity index (χ1v) is 9.58. The minimum Gasteiger partial charge on any atom is -0.485 e. The van der Waals surface area contributed by atoms with Crippen molar-refractivity contribution in [3.8, 4) is 17.2 Å². The maximum absolute atomic E-state index is 13.1. The first-order chi connectivity index (χ1) is 14.2. The summed E-state index contributed by atoms with van der Waals surface area (Å²) in [5.74, 6) is 2.30. The van der Waals surface area contributed by atoms with Gasteiger partial charge in [-0.2, -0.15) is 0 Å². The predicted octanol–water partition coefficient (Wildman–Crippen LogP) is 4.06. The zero-order valence-electron chi connectivity index (χ0n) is 15.8. The number of benzene rings is 2. The van der Waals surface area contributed by atoms with Gasteiger partial charge in [-0.05, 0) is 48.2 Å². The van der Waals surface area contributed by atoms with Gasteiger partial charge in [-0.15, -0.1) is 0 Å². The lowest BCUT2D eigenvalue weighted by atomic mass is 9.94. The van der Waals surface area contributed by atoms with E-state index in [0.29, 0.717) is 29.7 Å². The van der Waals surface area contributed by atoms with E-state index in [4.69, 9.17) is 14.2 Å². The van der Waals surface area contributed by atoms with Crippen molar-refractivity contribution >= 4 is 11.7 Å². The van der Waals surface area contributed by atoms with Gasteiger partial charge in [-0.1, -0.05) is 36.4 Å². The Hall–Kier alpha value is -3.54. The van der Waals surface area contributed by atoms with E-state index in [1.54, 1.807) is 12.3 Å². The van der Waals surface area contributed by atoms with Gasteiger partial charge in [0.05, 0.1) is 5.41 Å². The van der Waals surface area contributed by atoms with E-state index in [2.05, 4.69) is 10.3 Å². The molecule has 1 N–H and O–H groups in total. The number of aromatic nitrogens is 1. The SMILES string of the molecule is O=C(Nc1ncccc1OCc1ccccc1)C1(c2ccc3c(c2)OCO3)CC1. The zero-order valence-corrected chi connectivity index (χ0v) is 15.8. The molecule has 6 heteroatoms. The second-order valence-corrected chi connectivity index (χ2v) is 7.23. The molecule has 29 heavy (non-hydrogen) atoms. The summed E-state index contributed by atoms with van der Waals surface area (Å²) in [5, 5.41) is 2.97. The molecular weight excluding hydrogens is 368 g/mol. The summed E-state index contributed by atoms with van der Waals surface area (Å²) in [5.41, 5.74) is 1.42. The smallest absolute Gasteiger partial charge is 0.236 e. The van der Waals surface area contributed by atoms with Crippen LogP contribution in [0, 0.1) is 0 Å². The van der Waals surface area contributed by atoms with Crippen LogP contribution in [-0.4, -0.2) is 17.7 Å². The monoisotopic (exact) mass is 388 g/mol. The summed E-state index contributed by atoms with van der Waals surface area (Å²) in [6, 6.07) is 19.2. The van der Waals surface area contributed by atoms with Crippen LogP contribution in [-0.2, 0) is 16.8 Å². The largest absolute Gasteiger partial charge is 0.485 e. The quantitative estimate of drug-likeness (QED) is 0.690. The Labute approximate surface area is 168 Å². The summed E-state index contributed by atoms with van der Waals surface area (Å²) in [6.07, 6.45) is 3.21. The number of fused-ring (bicyclic) bond motifs is 1. The van der Waals surface area contributed by atoms with Crippen molar-refractivity contribution in [1.29, 1.82) is 0 Å². The second-order valence-electron chi connectivity index (χ2n) is 7.23. The molecule has 1 fully saturated rings. The standard InChI is InChI=1S/C23H20N2O4/c26-22(23(10-11-23)17-8-9-18-20(13-17)29-15-28-18)25-21-19(7-4-12-24-21)27-14-16-5-2-1-3-6-16/h1-9,12-13H,10-11,14-15H2,(H,24,25,26). The van der Waals surface area contributed by atoms with Crippen molar-refractivity contribution in [2.24, 2.45) is 0 Å². The van der Waals surface area contributed by atoms with Gasteiger partial charge in [-0.3, -0.25) is 4.79 Å². The highest BCUT2D eigenvalue weighted by Gasteiger charge is 2.52. The van der Waals surface area contributed by atoms with Crippen molar-refractivity contribution in [1.82, 2.24) is 4.98 Å². The van der Waals surface area contributed by atoms with E-state index in [1.807, 2.05) is 54.6 Å². The third-order valence-corrected chi connectivity index (χ3v) is 5.35. The first-order valence-electron chi connectivity index (χ1n) is 9.58. The summed E-state index contributed by atoms with van der Waals surface area (Å²) in [4.78, 5) is 17.5. The van der Waals surface area contributed by atoms with E-state index in [1.165, 1.54) is 0 Å². The van der Waals surface area contributed by atoms with Crippen LogP contribution in [0.1, 0.15) is 24.0 Å². The number of anilines is 1. The van der Waals surface area contributed by atoms with E-state index >= 15 is 0 Å². The number of carbonyl (C=O) groups is 1. The molecule has 2 aromatic carbocycles. The Balaban J connectivity index is 1.33. The normalized spacial score (nSPS) is 15.6. The summed E-state index contributed by atoms with van der Waals surface area (Å²) >= 11 is 0. The molecule has 0 atom stereocenters. The lowest BCUT2D eigenvalue weighted by Gasteiger charge is -2.17. The molecule has 0 unspecified atom stereocenters. The number of amides is 1. The maximum Gasteiger partial charge on any atom is 0.236 e. The van der Waals surface area contributed by atoms with E-state index in [9.17, 15) is 4.79 Å². The number of pyridine rings is 1. The summed E-state index contributed by atoms with van der Waals surface area (Å²) < 4.78 is 16.7. The topological polar surface area (TPSA) is 69.7 Å². The fourth-order valence-electron chi connectivity index (χ4n) is 3.53. The van der Waals surface area contributed by atoms with Crippen molar-refractivity contribution in [2.75, 3.05) is 12.1 Å². The molecule has 0 saturated heterocycles. The van der Waals surface area contributed by atoms with Gasteiger partial charge < -0.3 is 19.5 Å². The molecule has 1 aromatic heterocycles. The molecule has 1 amide bonds. The average molecular weight is 388 g/mol. The summed E-state index contributed by atoms with van der Waals surface area (Å²) in [7, 11) is 0. The van der Waals surface area contributed by atoms with Gasteiger partial charge in [-0.25, -0.2) is 4.98 Å². The minimum atomic E-state index is -0.560. The Morgan fingerprint density at radius 2 is 1.86 bits per heavy atom. The highest BCUT2D eigenvalue weighted by Crippen LogP contribution is 2.51. The van der Waals surface area contributed by atoms with Crippen molar-refractivity contribution in [2.45, 2.75) is 24.9 Å². The molecule has 1 aliphatic heterocycles. The van der Waals surface area contributed by atoms with E-state index < -0.39 is 5.41 Å². The highest BCUT2D eigenvalue weighted by atomic mass is 16.7. The van der Waals surface area contributed by atoms with Crippen LogP contribution < -0.4 is 19.5 Å². The molecule has 0 spiro atoms. The Morgan fingerprint density at radius 3 is 2.69 bits per heavy atom. The van der Waals surface area contributed by atoms with Crippen LogP contribution in [0.15, 0.2) is 66.9 Å². The van der Waals surface area contributed by atoms with E-state index in [-0.39, 0.29) is 12.7 Å². The Kier molecular flexibility index (Phi) is 4.31. The van der Waals surface area contributed by atoms with Crippen LogP contribution in [0.4, 0.5) is 5.82 Å². The van der Waals surface area contributed by atoms with Gasteiger partial charge >= 0.3 is 0 Å². The van der Waals surface area contributed by atoms with Crippen LogP contribution in [0.3, 0.4) is 0 Å². The lowest BCUT2D eigenvalue weighted by molar-refractivity contribution is -0.118. The zero-order chi connectivity index (χ0) is 19.7. The number of hydrogen-bond acceptors (Lipinski definition) is 5. The van der Waals surface area contributed by atoms with Crippen molar-refractivity contribution < 1.29 is 19.0 Å². The van der Waals surface area contributed by atoms with Crippen LogP contribution in [0.2, 0.25) is 0 Å². The third kappa shape index (κ3) is 3.38.